The minimum absolute atomic E-state index is 0.314. The second-order valence-electron chi connectivity index (χ2n) is 3.80. The summed E-state index contributed by atoms with van der Waals surface area (Å²) in [7, 11) is 0. The molecule has 0 saturated carbocycles. The lowest BCUT2D eigenvalue weighted by atomic mass is 10.00. The number of hydrogen-bond donors (Lipinski definition) is 2. The number of nitrogens with zero attached hydrogens (tertiary/aromatic N) is 2. The fourth-order valence-corrected chi connectivity index (χ4v) is 2.16. The van der Waals surface area contributed by atoms with Gasteiger partial charge >= 0.3 is 0 Å². The molecule has 3 heterocycles. The summed E-state index contributed by atoms with van der Waals surface area (Å²) in [5, 5.41) is 2.32. The number of nitrogens with two attached hydrogens (primary N) is 1. The Bertz CT molecular complexity index is 449. The molecule has 2 aromatic rings. The number of rotatable bonds is 1. The maximum absolute atomic E-state index is 4.40. The molecule has 0 bridgehead atoms. The summed E-state index contributed by atoms with van der Waals surface area (Å²) < 4.78 is 0. The average Bonchev–Trinajstić information content (AvgIpc) is 2.78. The van der Waals surface area contributed by atoms with Gasteiger partial charge < -0.3 is 10.3 Å². The highest BCUT2D eigenvalue weighted by Gasteiger charge is 2.27. The molecule has 76 valence electrons. The molecule has 2 aromatic heterocycles. The zero-order chi connectivity index (χ0) is 10.1. The second-order valence-corrected chi connectivity index (χ2v) is 3.80. The Labute approximate surface area is 87.8 Å². The third kappa shape index (κ3) is 1.43. The second kappa shape index (κ2) is 3.47. The molecular formula is C11H13N4+. The lowest BCUT2D eigenvalue weighted by molar-refractivity contribution is -0.690. The molecule has 0 aromatic carbocycles. The maximum atomic E-state index is 4.40. The van der Waals surface area contributed by atoms with Crippen LogP contribution in [0.2, 0.25) is 0 Å². The standard InChI is InChI=1S/C11H12N4/c1-2-8(6-12-4-1)10-11-9(3-5-13-10)14-7-15-11/h1-2,4,6-7,10,13H,3,5H2,(H,14,15)/p+1/t10-/m1/s1. The van der Waals surface area contributed by atoms with E-state index in [1.54, 1.807) is 12.5 Å². The van der Waals surface area contributed by atoms with E-state index in [-0.39, 0.29) is 0 Å². The van der Waals surface area contributed by atoms with Crippen molar-refractivity contribution < 1.29 is 5.32 Å². The number of hydrogen-bond acceptors (Lipinski definition) is 2. The Morgan fingerprint density at radius 2 is 2.47 bits per heavy atom. The van der Waals surface area contributed by atoms with Crippen molar-refractivity contribution in [2.75, 3.05) is 6.54 Å². The zero-order valence-corrected chi connectivity index (χ0v) is 8.35. The summed E-state index contributed by atoms with van der Waals surface area (Å²) in [6, 6.07) is 4.40. The summed E-state index contributed by atoms with van der Waals surface area (Å²) in [6.07, 6.45) is 6.59. The van der Waals surface area contributed by atoms with Crippen molar-refractivity contribution >= 4 is 0 Å². The molecule has 1 aliphatic rings. The fraction of sp³-hybridized carbons (Fsp3) is 0.273. The molecule has 15 heavy (non-hydrogen) atoms. The van der Waals surface area contributed by atoms with Crippen LogP contribution in [0.3, 0.4) is 0 Å². The average molecular weight is 201 g/mol. The summed E-state index contributed by atoms with van der Waals surface area (Å²) in [4.78, 5) is 11.8. The number of nitrogens with one attached hydrogen (secondary N) is 1. The Kier molecular flexibility index (Phi) is 1.99. The molecule has 1 atom stereocenters. The molecule has 0 amide bonds. The normalized spacial score (nSPS) is 19.9. The molecule has 0 fully saturated rings. The third-order valence-electron chi connectivity index (χ3n) is 2.89. The van der Waals surface area contributed by atoms with Crippen LogP contribution in [-0.2, 0) is 6.42 Å². The van der Waals surface area contributed by atoms with Crippen molar-refractivity contribution in [1.29, 1.82) is 0 Å². The number of aromatic nitrogens is 3. The molecule has 0 saturated heterocycles. The number of aromatic amines is 1. The van der Waals surface area contributed by atoms with Gasteiger partial charge in [0, 0.05) is 30.1 Å². The Morgan fingerprint density at radius 3 is 3.33 bits per heavy atom. The predicted molar refractivity (Wildman–Crippen MR) is 55.2 cm³/mol. The van der Waals surface area contributed by atoms with Crippen LogP contribution in [0.1, 0.15) is 23.0 Å². The number of quaternary nitrogens is 1. The van der Waals surface area contributed by atoms with Gasteiger partial charge in [0.05, 0.1) is 12.9 Å². The summed E-state index contributed by atoms with van der Waals surface area (Å²) in [5.74, 6) is 0. The molecule has 1 aliphatic heterocycles. The van der Waals surface area contributed by atoms with Crippen molar-refractivity contribution in [1.82, 2.24) is 15.0 Å². The molecule has 4 heteroatoms. The highest BCUT2D eigenvalue weighted by molar-refractivity contribution is 5.26. The van der Waals surface area contributed by atoms with Gasteiger partial charge in [0.25, 0.3) is 0 Å². The first kappa shape index (κ1) is 8.61. The van der Waals surface area contributed by atoms with Crippen LogP contribution >= 0.6 is 0 Å². The minimum Gasteiger partial charge on any atom is -0.348 e. The monoisotopic (exact) mass is 201 g/mol. The first-order chi connectivity index (χ1) is 7.45. The number of imidazole rings is 1. The van der Waals surface area contributed by atoms with Gasteiger partial charge in [0.15, 0.2) is 6.04 Å². The van der Waals surface area contributed by atoms with E-state index < -0.39 is 0 Å². The van der Waals surface area contributed by atoms with Gasteiger partial charge in [-0.25, -0.2) is 4.98 Å². The Morgan fingerprint density at radius 1 is 1.47 bits per heavy atom. The molecule has 0 aliphatic carbocycles. The number of fused-ring (bicyclic) bond motifs is 1. The summed E-state index contributed by atoms with van der Waals surface area (Å²) >= 11 is 0. The molecule has 0 unspecified atom stereocenters. The van der Waals surface area contributed by atoms with E-state index in [1.165, 1.54) is 11.3 Å². The molecule has 3 N–H and O–H groups in total. The lowest BCUT2D eigenvalue weighted by Crippen LogP contribution is -2.87. The highest BCUT2D eigenvalue weighted by atomic mass is 15.0. The van der Waals surface area contributed by atoms with E-state index in [4.69, 9.17) is 0 Å². The molecular weight excluding hydrogens is 188 g/mol. The van der Waals surface area contributed by atoms with Crippen LogP contribution in [-0.4, -0.2) is 21.5 Å². The fourth-order valence-electron chi connectivity index (χ4n) is 2.16. The minimum atomic E-state index is 0.314. The Hall–Kier alpha value is -1.68. The number of H-pyrrole nitrogens is 1. The SMILES string of the molecule is c1cncc([C@H]2[NH2+]CCc3[nH]cnc32)c1. The van der Waals surface area contributed by atoms with Gasteiger partial charge in [0.2, 0.25) is 0 Å². The van der Waals surface area contributed by atoms with E-state index in [0.717, 1.165) is 18.7 Å². The summed E-state index contributed by atoms with van der Waals surface area (Å²) in [5.41, 5.74) is 3.66. The summed E-state index contributed by atoms with van der Waals surface area (Å²) in [6.45, 7) is 1.11. The smallest absolute Gasteiger partial charge is 0.158 e. The van der Waals surface area contributed by atoms with Crippen molar-refractivity contribution in [2.45, 2.75) is 12.5 Å². The van der Waals surface area contributed by atoms with Gasteiger partial charge in [-0.05, 0) is 12.1 Å². The lowest BCUT2D eigenvalue weighted by Gasteiger charge is -2.19. The van der Waals surface area contributed by atoms with E-state index >= 15 is 0 Å². The van der Waals surface area contributed by atoms with Crippen molar-refractivity contribution in [2.24, 2.45) is 0 Å². The van der Waals surface area contributed by atoms with E-state index in [9.17, 15) is 0 Å². The topological polar surface area (TPSA) is 58.2 Å². The van der Waals surface area contributed by atoms with E-state index in [0.29, 0.717) is 6.04 Å². The van der Waals surface area contributed by atoms with Crippen molar-refractivity contribution in [3.63, 3.8) is 0 Å². The van der Waals surface area contributed by atoms with Gasteiger partial charge in [-0.3, -0.25) is 4.98 Å². The van der Waals surface area contributed by atoms with Crippen LogP contribution < -0.4 is 5.32 Å². The van der Waals surface area contributed by atoms with Crippen LogP contribution in [0, 0.1) is 0 Å². The van der Waals surface area contributed by atoms with E-state index in [2.05, 4.69) is 26.3 Å². The van der Waals surface area contributed by atoms with Gasteiger partial charge in [-0.15, -0.1) is 0 Å². The molecule has 4 nitrogen and oxygen atoms in total. The van der Waals surface area contributed by atoms with Gasteiger partial charge in [-0.1, -0.05) is 0 Å². The quantitative estimate of drug-likeness (QED) is 0.683. The van der Waals surface area contributed by atoms with Crippen LogP contribution in [0.4, 0.5) is 0 Å². The van der Waals surface area contributed by atoms with Crippen LogP contribution in [0.25, 0.3) is 0 Å². The first-order valence-corrected chi connectivity index (χ1v) is 5.20. The van der Waals surface area contributed by atoms with Crippen molar-refractivity contribution in [3.05, 3.63) is 47.8 Å². The van der Waals surface area contributed by atoms with Crippen molar-refractivity contribution in [3.8, 4) is 0 Å². The highest BCUT2D eigenvalue weighted by Crippen LogP contribution is 2.20. The van der Waals surface area contributed by atoms with E-state index in [1.807, 2.05) is 12.3 Å². The third-order valence-corrected chi connectivity index (χ3v) is 2.89. The van der Waals surface area contributed by atoms with Gasteiger partial charge in [-0.2, -0.15) is 0 Å². The number of pyridine rings is 1. The molecule has 0 spiro atoms. The first-order valence-electron chi connectivity index (χ1n) is 5.20. The van der Waals surface area contributed by atoms with Crippen LogP contribution in [0.5, 0.6) is 0 Å². The van der Waals surface area contributed by atoms with Crippen LogP contribution in [0.15, 0.2) is 30.9 Å². The Balaban J connectivity index is 2.03. The maximum Gasteiger partial charge on any atom is 0.158 e. The largest absolute Gasteiger partial charge is 0.348 e. The predicted octanol–water partition coefficient (Wildman–Crippen LogP) is 0.0136. The zero-order valence-electron chi connectivity index (χ0n) is 8.35. The molecule has 0 radical (unpaired) electrons. The van der Waals surface area contributed by atoms with Gasteiger partial charge in [0.1, 0.15) is 5.69 Å². The molecule has 3 rings (SSSR count).